The molecule has 1 saturated heterocycles. The zero-order valence-corrected chi connectivity index (χ0v) is 24.2. The van der Waals surface area contributed by atoms with Crippen LogP contribution in [0, 0.1) is 10.1 Å². The molecule has 1 aliphatic heterocycles. The van der Waals surface area contributed by atoms with Crippen LogP contribution >= 0.6 is 11.8 Å². The Kier molecular flexibility index (Phi) is 10.8. The molecule has 0 amide bonds. The quantitative estimate of drug-likeness (QED) is 0.0688. The molecule has 0 bridgehead atoms. The standard InChI is InChI=1S/C28H33N5O8S/c1-39-28(36)20-15-22(33(37)38)25(24(17-20)42-2)29-6-3-4-8-32-18-30-21-14-19(27(34)35)16-23(26(21)32)41-11-5-7-31-9-12-40-13-10-31/h3-4,14-18,29H,5-13H2,1-2H3,(H,34,35). The average Bonchev–Trinajstić information content (AvgIpc) is 3.41. The molecule has 3 aromatic rings. The van der Waals surface area contributed by atoms with Crippen molar-refractivity contribution in [1.82, 2.24) is 14.5 Å². The number of morpholine rings is 1. The van der Waals surface area contributed by atoms with Crippen LogP contribution < -0.4 is 10.1 Å². The number of carboxylic acid groups (broad SMARTS) is 1. The van der Waals surface area contributed by atoms with Crippen LogP contribution in [0.15, 0.2) is 47.6 Å². The lowest BCUT2D eigenvalue weighted by atomic mass is 10.1. The summed E-state index contributed by atoms with van der Waals surface area (Å²) in [5.41, 5.74) is 1.48. The number of imidazole rings is 1. The molecule has 42 heavy (non-hydrogen) atoms. The number of nitro benzene ring substituents is 1. The number of nitro groups is 1. The van der Waals surface area contributed by atoms with Crippen LogP contribution in [0.2, 0.25) is 0 Å². The van der Waals surface area contributed by atoms with Gasteiger partial charge in [0.05, 0.1) is 54.8 Å². The van der Waals surface area contributed by atoms with Gasteiger partial charge in [-0.25, -0.2) is 14.6 Å². The molecule has 2 heterocycles. The van der Waals surface area contributed by atoms with E-state index in [0.29, 0.717) is 40.5 Å². The molecule has 0 radical (unpaired) electrons. The first-order chi connectivity index (χ1) is 20.3. The lowest BCUT2D eigenvalue weighted by Crippen LogP contribution is -2.37. The molecule has 0 unspecified atom stereocenters. The molecule has 224 valence electrons. The number of thioether (sulfide) groups is 1. The van der Waals surface area contributed by atoms with E-state index in [1.807, 2.05) is 16.7 Å². The first kappa shape index (κ1) is 30.8. The van der Waals surface area contributed by atoms with Crippen molar-refractivity contribution < 1.29 is 33.8 Å². The van der Waals surface area contributed by atoms with Crippen molar-refractivity contribution in [1.29, 1.82) is 0 Å². The van der Waals surface area contributed by atoms with Gasteiger partial charge in [-0.15, -0.1) is 11.8 Å². The summed E-state index contributed by atoms with van der Waals surface area (Å²) in [6.07, 6.45) is 7.86. The smallest absolute Gasteiger partial charge is 0.338 e. The maximum Gasteiger partial charge on any atom is 0.338 e. The van der Waals surface area contributed by atoms with Gasteiger partial charge in [0.1, 0.15) is 17.0 Å². The van der Waals surface area contributed by atoms with Gasteiger partial charge in [0.15, 0.2) is 0 Å². The second-order valence-corrected chi connectivity index (χ2v) is 10.2. The van der Waals surface area contributed by atoms with Gasteiger partial charge in [0.25, 0.3) is 5.69 Å². The van der Waals surface area contributed by atoms with Gasteiger partial charge in [-0.1, -0.05) is 12.2 Å². The highest BCUT2D eigenvalue weighted by atomic mass is 32.2. The minimum absolute atomic E-state index is 0.0973. The predicted molar refractivity (Wildman–Crippen MR) is 158 cm³/mol. The number of carbonyl (C=O) groups excluding carboxylic acids is 1. The number of hydrogen-bond acceptors (Lipinski definition) is 11. The third-order valence-electron chi connectivity index (χ3n) is 6.69. The minimum atomic E-state index is -1.06. The number of benzene rings is 2. The molecule has 0 spiro atoms. The summed E-state index contributed by atoms with van der Waals surface area (Å²) < 4.78 is 18.0. The maximum absolute atomic E-state index is 12.0. The second-order valence-electron chi connectivity index (χ2n) is 9.37. The summed E-state index contributed by atoms with van der Waals surface area (Å²) in [4.78, 5) is 42.1. The van der Waals surface area contributed by atoms with Gasteiger partial charge < -0.3 is 29.2 Å². The number of hydrogen-bond donors (Lipinski definition) is 2. The number of esters is 1. The van der Waals surface area contributed by atoms with Crippen LogP contribution in [0.4, 0.5) is 11.4 Å². The summed E-state index contributed by atoms with van der Waals surface area (Å²) >= 11 is 1.28. The van der Waals surface area contributed by atoms with Gasteiger partial charge in [-0.2, -0.15) is 0 Å². The van der Waals surface area contributed by atoms with Crippen molar-refractivity contribution in [2.75, 3.05) is 64.7 Å². The maximum atomic E-state index is 12.0. The molecule has 2 N–H and O–H groups in total. The number of fused-ring (bicyclic) bond motifs is 1. The molecule has 1 aromatic heterocycles. The molecule has 1 aliphatic rings. The van der Waals surface area contributed by atoms with Crippen LogP contribution in [-0.4, -0.2) is 95.8 Å². The summed E-state index contributed by atoms with van der Waals surface area (Å²) in [7, 11) is 1.22. The van der Waals surface area contributed by atoms with E-state index in [1.165, 1.54) is 37.1 Å². The first-order valence-corrected chi connectivity index (χ1v) is 14.5. The Hall–Kier alpha value is -4.14. The van der Waals surface area contributed by atoms with Gasteiger partial charge >= 0.3 is 11.9 Å². The summed E-state index contributed by atoms with van der Waals surface area (Å²) in [6.45, 7) is 5.20. The van der Waals surface area contributed by atoms with Crippen LogP contribution in [-0.2, 0) is 16.0 Å². The van der Waals surface area contributed by atoms with E-state index in [1.54, 1.807) is 18.6 Å². The lowest BCUT2D eigenvalue weighted by Gasteiger charge is -2.26. The number of carboxylic acids is 1. The number of aromatic nitrogens is 2. The predicted octanol–water partition coefficient (Wildman–Crippen LogP) is 3.92. The van der Waals surface area contributed by atoms with Crippen molar-refractivity contribution in [3.63, 3.8) is 0 Å². The molecule has 0 aliphatic carbocycles. The van der Waals surface area contributed by atoms with Crippen molar-refractivity contribution in [3.05, 3.63) is 64.0 Å². The Morgan fingerprint density at radius 1 is 1.21 bits per heavy atom. The van der Waals surface area contributed by atoms with E-state index in [2.05, 4.69) is 15.2 Å². The summed E-state index contributed by atoms with van der Waals surface area (Å²) in [6, 6.07) is 5.79. The number of nitrogens with one attached hydrogen (secondary N) is 1. The molecule has 2 aromatic carbocycles. The molecular weight excluding hydrogens is 566 g/mol. The van der Waals surface area contributed by atoms with E-state index < -0.39 is 16.9 Å². The number of methoxy groups -OCH3 is 1. The molecule has 1 fully saturated rings. The second kappa shape index (κ2) is 14.7. The lowest BCUT2D eigenvalue weighted by molar-refractivity contribution is -0.384. The van der Waals surface area contributed by atoms with E-state index >= 15 is 0 Å². The SMILES string of the molecule is COC(=O)c1cc(SC)c(NCC=CCn2cnc3cc(C(=O)O)cc(OCCCN4CCOCC4)c32)c([N+](=O)[O-])c1. The number of ether oxygens (including phenoxy) is 3. The molecule has 14 heteroatoms. The van der Waals surface area contributed by atoms with Crippen LogP contribution in [0.1, 0.15) is 27.1 Å². The number of anilines is 1. The van der Waals surface area contributed by atoms with E-state index in [0.717, 1.165) is 39.3 Å². The highest BCUT2D eigenvalue weighted by Gasteiger charge is 2.22. The zero-order valence-electron chi connectivity index (χ0n) is 23.4. The Labute approximate surface area is 246 Å². The molecule has 4 rings (SSSR count). The topological polar surface area (TPSA) is 158 Å². The number of allylic oxidation sites excluding steroid dienone is 1. The van der Waals surface area contributed by atoms with Gasteiger partial charge in [0, 0.05) is 43.7 Å². The van der Waals surface area contributed by atoms with Crippen LogP contribution in [0.25, 0.3) is 11.0 Å². The van der Waals surface area contributed by atoms with Crippen molar-refractivity contribution in [3.8, 4) is 5.75 Å². The Balaban J connectivity index is 1.45. The number of carbonyl (C=O) groups is 2. The van der Waals surface area contributed by atoms with Gasteiger partial charge in [-0.3, -0.25) is 15.0 Å². The van der Waals surface area contributed by atoms with Gasteiger partial charge in [-0.05, 0) is 30.9 Å². The Bertz CT molecular complexity index is 1470. The fraction of sp³-hybridized carbons (Fsp3) is 0.393. The normalized spacial score (nSPS) is 13.9. The Morgan fingerprint density at radius 3 is 2.69 bits per heavy atom. The fourth-order valence-electron chi connectivity index (χ4n) is 4.59. The van der Waals surface area contributed by atoms with Crippen molar-refractivity contribution in [2.45, 2.75) is 17.9 Å². The minimum Gasteiger partial charge on any atom is -0.491 e. The average molecular weight is 600 g/mol. The molecule has 0 atom stereocenters. The summed E-state index contributed by atoms with van der Waals surface area (Å²) in [5, 5.41) is 24.4. The van der Waals surface area contributed by atoms with Crippen LogP contribution in [0.3, 0.4) is 0 Å². The van der Waals surface area contributed by atoms with E-state index in [-0.39, 0.29) is 23.4 Å². The van der Waals surface area contributed by atoms with E-state index in [4.69, 9.17) is 14.2 Å². The summed E-state index contributed by atoms with van der Waals surface area (Å²) in [5.74, 6) is -1.26. The van der Waals surface area contributed by atoms with Crippen LogP contribution in [0.5, 0.6) is 5.75 Å². The number of nitrogens with zero attached hydrogens (tertiary/aromatic N) is 4. The third kappa shape index (κ3) is 7.57. The van der Waals surface area contributed by atoms with E-state index in [9.17, 15) is 24.8 Å². The highest BCUT2D eigenvalue weighted by molar-refractivity contribution is 7.98. The van der Waals surface area contributed by atoms with Gasteiger partial charge in [0.2, 0.25) is 0 Å². The van der Waals surface area contributed by atoms with Crippen molar-refractivity contribution in [2.24, 2.45) is 0 Å². The number of rotatable bonds is 14. The molecule has 13 nitrogen and oxygen atoms in total. The molecule has 0 saturated carbocycles. The monoisotopic (exact) mass is 599 g/mol. The zero-order chi connectivity index (χ0) is 30.1. The largest absolute Gasteiger partial charge is 0.491 e. The third-order valence-corrected chi connectivity index (χ3v) is 7.45. The molecular formula is C28H33N5O8S. The highest BCUT2D eigenvalue weighted by Crippen LogP contribution is 2.36. The van der Waals surface area contributed by atoms with Crippen molar-refractivity contribution >= 4 is 46.1 Å². The first-order valence-electron chi connectivity index (χ1n) is 13.3. The Morgan fingerprint density at radius 2 is 2.00 bits per heavy atom. The fourth-order valence-corrected chi connectivity index (χ4v) is 5.21. The number of aromatic carboxylic acids is 1.